The van der Waals surface area contributed by atoms with E-state index in [9.17, 15) is 30.3 Å². The quantitative estimate of drug-likeness (QED) is 0.476. The van der Waals surface area contributed by atoms with Crippen molar-refractivity contribution in [3.05, 3.63) is 35.1 Å². The van der Waals surface area contributed by atoms with E-state index in [1.54, 1.807) is 0 Å². The maximum Gasteiger partial charge on any atom is 0.549 e. The van der Waals surface area contributed by atoms with Crippen molar-refractivity contribution in [2.75, 3.05) is 0 Å². The van der Waals surface area contributed by atoms with Crippen LogP contribution in [0, 0.1) is 17.5 Å². The first-order chi connectivity index (χ1) is 7.84. The highest BCUT2D eigenvalue weighted by Crippen LogP contribution is 2.43. The molecule has 1 aromatic carbocycles. The first kappa shape index (κ1) is 16.9. The molecule has 0 aliphatic carbocycles. The van der Waals surface area contributed by atoms with Crippen LogP contribution in [0.5, 0.6) is 0 Å². The summed E-state index contributed by atoms with van der Waals surface area (Å²) in [7, 11) is -5.64. The number of alkyl halides is 2. The molecule has 0 aliphatic heterocycles. The molecule has 1 aromatic rings. The van der Waals surface area contributed by atoms with E-state index in [0.717, 1.165) is 0 Å². The van der Waals surface area contributed by atoms with Crippen molar-refractivity contribution in [2.24, 2.45) is 0 Å². The van der Waals surface area contributed by atoms with Gasteiger partial charge in [-0.2, -0.15) is 8.78 Å². The summed E-state index contributed by atoms with van der Waals surface area (Å²) < 4.78 is 89.8. The van der Waals surface area contributed by atoms with Crippen LogP contribution in [-0.2, 0) is 10.7 Å². The van der Waals surface area contributed by atoms with E-state index in [0.29, 0.717) is 6.07 Å². The molecule has 1 rings (SSSR count). The largest absolute Gasteiger partial charge is 0.549 e. The van der Waals surface area contributed by atoms with Gasteiger partial charge < -0.3 is 5.11 Å². The zero-order valence-corrected chi connectivity index (χ0v) is 8.94. The summed E-state index contributed by atoms with van der Waals surface area (Å²) in [4.78, 5) is 6.74. The number of hydrogen-bond donors (Lipinski definition) is 2. The normalized spacial score (nSPS) is 11.8. The fraction of sp³-hybridized carbons (Fsp3) is 0.143. The second-order valence-corrected chi connectivity index (χ2v) is 3.57. The van der Waals surface area contributed by atoms with E-state index in [1.807, 2.05) is 0 Å². The van der Waals surface area contributed by atoms with Gasteiger partial charge in [-0.05, 0) is 12.1 Å². The van der Waals surface area contributed by atoms with Crippen molar-refractivity contribution in [3.63, 3.8) is 0 Å². The molecule has 0 heterocycles. The smallest absolute Gasteiger partial charge is 0.332 e. The van der Waals surface area contributed by atoms with Crippen molar-refractivity contribution in [2.45, 2.75) is 6.11 Å². The highest BCUT2D eigenvalue weighted by atomic mass is 31.2. The second-order valence-electron chi connectivity index (χ2n) is 2.70. The predicted octanol–water partition coefficient (Wildman–Crippen LogP) is 3.17. The Labute approximate surface area is 95.2 Å². The minimum Gasteiger partial charge on any atom is -0.332 e. The molecule has 0 bridgehead atoms. The maximum atomic E-state index is 12.5. The number of halogens is 7. The van der Waals surface area contributed by atoms with Gasteiger partial charge >= 0.3 is 14.1 Å². The molecule has 0 atom stereocenters. The van der Waals surface area contributed by atoms with Gasteiger partial charge in [0.05, 0.1) is 5.56 Å². The molecule has 0 fully saturated rings. The van der Waals surface area contributed by atoms with Gasteiger partial charge in [-0.1, -0.05) is 0 Å². The van der Waals surface area contributed by atoms with Crippen molar-refractivity contribution in [1.29, 1.82) is 0 Å². The summed E-state index contributed by atoms with van der Waals surface area (Å²) >= 11 is 0. The zero-order chi connectivity index (χ0) is 14.7. The Morgan fingerprint density at radius 3 is 1.78 bits per heavy atom. The second kappa shape index (κ2) is 5.68. The third-order valence-electron chi connectivity index (χ3n) is 1.36. The summed E-state index contributed by atoms with van der Waals surface area (Å²) in [6, 6.07) is 0.575. The fourth-order valence-corrected chi connectivity index (χ4v) is 0.758. The molecule has 0 amide bonds. The van der Waals surface area contributed by atoms with Gasteiger partial charge in [0.2, 0.25) is 0 Å². The molecule has 0 unspecified atom stereocenters. The molecule has 18 heavy (non-hydrogen) atoms. The molecular weight excluding hydrogens is 296 g/mol. The lowest BCUT2D eigenvalue weighted by Gasteiger charge is -2.09. The van der Waals surface area contributed by atoms with E-state index < -0.39 is 37.1 Å². The van der Waals surface area contributed by atoms with Crippen molar-refractivity contribution in [1.82, 2.24) is 0 Å². The molecule has 0 radical (unpaired) electrons. The summed E-state index contributed by atoms with van der Waals surface area (Å²) in [6.07, 6.45) is -4.52. The van der Waals surface area contributed by atoms with E-state index in [4.69, 9.17) is 14.6 Å². The number of aliphatic hydroxyl groups is 1. The van der Waals surface area contributed by atoms with Gasteiger partial charge in [0, 0.05) is 0 Å². The lowest BCUT2D eigenvalue weighted by Crippen LogP contribution is -2.15. The lowest BCUT2D eigenvalue weighted by atomic mass is 10.2. The Bertz CT molecular complexity index is 459. The molecular formula is C7H4F7O3P. The van der Waals surface area contributed by atoms with Crippen LogP contribution < -0.4 is 0 Å². The highest BCUT2D eigenvalue weighted by molar-refractivity contribution is 7.46. The summed E-state index contributed by atoms with van der Waals surface area (Å²) in [5.41, 5.74) is -1.59. The molecule has 3 nitrogen and oxygen atoms in total. The first-order valence-corrected chi connectivity index (χ1v) is 5.24. The van der Waals surface area contributed by atoms with Gasteiger partial charge in [0.15, 0.2) is 17.5 Å². The van der Waals surface area contributed by atoms with Crippen LogP contribution in [0.4, 0.5) is 30.3 Å². The summed E-state index contributed by atoms with van der Waals surface area (Å²) in [6.45, 7) is 0. The number of rotatable bonds is 1. The van der Waals surface area contributed by atoms with Crippen LogP contribution in [0.1, 0.15) is 5.56 Å². The Kier molecular flexibility index (Phi) is 5.33. The van der Waals surface area contributed by atoms with Crippen LogP contribution in [0.25, 0.3) is 0 Å². The topological polar surface area (TPSA) is 57.5 Å². The monoisotopic (exact) mass is 300 g/mol. The fourth-order valence-electron chi connectivity index (χ4n) is 0.758. The molecule has 0 saturated carbocycles. The first-order valence-electron chi connectivity index (χ1n) is 3.80. The van der Waals surface area contributed by atoms with Gasteiger partial charge in [-0.3, -0.25) is 4.89 Å². The van der Waals surface area contributed by atoms with Gasteiger partial charge in [-0.15, -0.1) is 8.39 Å². The molecule has 2 N–H and O–H groups in total. The van der Waals surface area contributed by atoms with Crippen LogP contribution in [0.15, 0.2) is 12.1 Å². The predicted molar refractivity (Wildman–Crippen MR) is 44.5 cm³/mol. The minimum absolute atomic E-state index is 0.272. The molecule has 0 aliphatic rings. The van der Waals surface area contributed by atoms with Crippen molar-refractivity contribution < 1.29 is 44.9 Å². The average molecular weight is 300 g/mol. The zero-order valence-electron chi connectivity index (χ0n) is 8.05. The minimum atomic E-state index is -5.64. The van der Waals surface area contributed by atoms with Crippen LogP contribution >= 0.6 is 7.99 Å². The van der Waals surface area contributed by atoms with Crippen molar-refractivity contribution in [3.8, 4) is 0 Å². The van der Waals surface area contributed by atoms with Gasteiger partial charge in [0.25, 0.3) is 0 Å². The Morgan fingerprint density at radius 2 is 1.44 bits per heavy atom. The summed E-state index contributed by atoms with van der Waals surface area (Å²) in [5.74, 6) is -5.72. The van der Waals surface area contributed by atoms with E-state index in [2.05, 4.69) is 0 Å². The van der Waals surface area contributed by atoms with Gasteiger partial charge in [0.1, 0.15) is 0 Å². The van der Waals surface area contributed by atoms with E-state index in [-0.39, 0.29) is 6.07 Å². The van der Waals surface area contributed by atoms with E-state index >= 15 is 0 Å². The molecule has 104 valence electrons. The lowest BCUT2D eigenvalue weighted by molar-refractivity contribution is -0.211. The third-order valence-corrected chi connectivity index (χ3v) is 1.36. The number of hydrogen-bond acceptors (Lipinski definition) is 2. The molecule has 11 heteroatoms. The standard InChI is InChI=1S/C7H3F5O.F2HO2P/c8-4-2-1-3(7(11,12)13)5(9)6(4)10;1-5(2,3)4/h1-2,13H;(H,3,4). The Hall–Kier alpha value is -1.12. The average Bonchev–Trinajstić information content (AvgIpc) is 2.09. The Balaban J connectivity index is 0.000000494. The number of benzene rings is 1. The van der Waals surface area contributed by atoms with Crippen molar-refractivity contribution >= 4 is 7.99 Å². The Morgan fingerprint density at radius 1 is 1.06 bits per heavy atom. The molecule has 0 aromatic heterocycles. The molecule has 0 saturated heterocycles. The van der Waals surface area contributed by atoms with Crippen LogP contribution in [-0.4, -0.2) is 10.00 Å². The van der Waals surface area contributed by atoms with Gasteiger partial charge in [-0.25, -0.2) is 17.7 Å². The third kappa shape index (κ3) is 5.99. The van der Waals surface area contributed by atoms with Crippen LogP contribution in [0.3, 0.4) is 0 Å². The molecule has 0 spiro atoms. The van der Waals surface area contributed by atoms with Crippen LogP contribution in [0.2, 0.25) is 0 Å². The summed E-state index contributed by atoms with van der Waals surface area (Å²) in [5, 5.41) is 8.02. The highest BCUT2D eigenvalue weighted by Gasteiger charge is 2.33. The van der Waals surface area contributed by atoms with E-state index in [1.165, 1.54) is 0 Å². The SMILES string of the molecule is O=P(O)(F)F.OC(F)(F)c1ccc(F)c(F)c1F. The maximum absolute atomic E-state index is 12.5.